The number of hydrogen-bond donors (Lipinski definition) is 1. The van der Waals surface area contributed by atoms with Crippen LogP contribution in [0.15, 0.2) is 24.3 Å². The summed E-state index contributed by atoms with van der Waals surface area (Å²) in [5.74, 6) is 0.784. The van der Waals surface area contributed by atoms with Crippen LogP contribution in [0, 0.1) is 5.92 Å². The van der Waals surface area contributed by atoms with Gasteiger partial charge in [-0.2, -0.15) is 0 Å². The van der Waals surface area contributed by atoms with E-state index in [9.17, 15) is 0 Å². The quantitative estimate of drug-likeness (QED) is 0.899. The highest BCUT2D eigenvalue weighted by Crippen LogP contribution is 2.28. The van der Waals surface area contributed by atoms with E-state index in [1.807, 2.05) is 0 Å². The predicted octanol–water partition coefficient (Wildman–Crippen LogP) is 2.89. The van der Waals surface area contributed by atoms with E-state index in [4.69, 9.17) is 0 Å². The first-order valence-electron chi connectivity index (χ1n) is 7.29. The molecule has 0 bridgehead atoms. The van der Waals surface area contributed by atoms with Gasteiger partial charge in [-0.25, -0.2) is 0 Å². The van der Waals surface area contributed by atoms with Gasteiger partial charge in [0.05, 0.1) is 11.4 Å². The Balaban J connectivity index is 2.00. The van der Waals surface area contributed by atoms with Crippen LogP contribution in [0.1, 0.15) is 19.8 Å². The van der Waals surface area contributed by atoms with Crippen LogP contribution in [-0.4, -0.2) is 45.2 Å². The summed E-state index contributed by atoms with van der Waals surface area (Å²) in [5, 5.41) is 3.72. The van der Waals surface area contributed by atoms with E-state index in [2.05, 4.69) is 67.4 Å². The lowest BCUT2D eigenvalue weighted by Crippen LogP contribution is -2.37. The number of rotatable bonds is 4. The second-order valence-electron chi connectivity index (χ2n) is 5.99. The average Bonchev–Trinajstić information content (AvgIpc) is 2.39. The van der Waals surface area contributed by atoms with Crippen LogP contribution >= 0.6 is 0 Å². The lowest BCUT2D eigenvalue weighted by molar-refractivity contribution is 0.208. The van der Waals surface area contributed by atoms with Crippen molar-refractivity contribution in [3.05, 3.63) is 24.3 Å². The lowest BCUT2D eigenvalue weighted by atomic mass is 9.90. The molecule has 2 rings (SSSR count). The number of anilines is 2. The van der Waals surface area contributed by atoms with Crippen LogP contribution in [0.2, 0.25) is 0 Å². The van der Waals surface area contributed by atoms with Gasteiger partial charge in [-0.15, -0.1) is 0 Å². The van der Waals surface area contributed by atoms with Gasteiger partial charge in [-0.05, 0) is 58.0 Å². The maximum absolute atomic E-state index is 3.72. The summed E-state index contributed by atoms with van der Waals surface area (Å²) >= 11 is 0. The van der Waals surface area contributed by atoms with Gasteiger partial charge < -0.3 is 15.1 Å². The highest BCUT2D eigenvalue weighted by Gasteiger charge is 2.22. The Labute approximate surface area is 117 Å². The van der Waals surface area contributed by atoms with Gasteiger partial charge in [-0.1, -0.05) is 12.1 Å². The van der Waals surface area contributed by atoms with Crippen molar-refractivity contribution in [2.75, 3.05) is 44.4 Å². The van der Waals surface area contributed by atoms with Gasteiger partial charge in [0.2, 0.25) is 0 Å². The lowest BCUT2D eigenvalue weighted by Gasteiger charge is -2.34. The SMILES string of the molecule is CC(Nc1ccccc1N(C)C)C1CCN(C)CC1. The number of para-hydroxylation sites is 2. The van der Waals surface area contributed by atoms with Gasteiger partial charge >= 0.3 is 0 Å². The number of nitrogens with one attached hydrogen (secondary N) is 1. The van der Waals surface area contributed by atoms with Crippen molar-refractivity contribution in [1.82, 2.24) is 4.90 Å². The Hall–Kier alpha value is -1.22. The standard InChI is InChI=1S/C16H27N3/c1-13(14-9-11-19(4)12-10-14)17-15-7-5-6-8-16(15)18(2)3/h5-8,13-14,17H,9-12H2,1-4H3. The molecule has 1 atom stereocenters. The molecule has 1 unspecified atom stereocenters. The smallest absolute Gasteiger partial charge is 0.0596 e. The van der Waals surface area contributed by atoms with Gasteiger partial charge in [0.15, 0.2) is 0 Å². The molecule has 106 valence electrons. The summed E-state index contributed by atoms with van der Waals surface area (Å²) < 4.78 is 0. The normalized spacial score (nSPS) is 19.2. The molecular formula is C16H27N3. The molecule has 0 aromatic heterocycles. The molecule has 3 heteroatoms. The molecule has 0 spiro atoms. The molecule has 1 heterocycles. The minimum absolute atomic E-state index is 0.537. The number of benzene rings is 1. The first-order valence-corrected chi connectivity index (χ1v) is 7.29. The maximum atomic E-state index is 3.72. The largest absolute Gasteiger partial charge is 0.381 e. The number of likely N-dealkylation sites (tertiary alicyclic amines) is 1. The van der Waals surface area contributed by atoms with E-state index in [0.717, 1.165) is 5.92 Å². The summed E-state index contributed by atoms with van der Waals surface area (Å²) in [4.78, 5) is 4.60. The monoisotopic (exact) mass is 261 g/mol. The number of piperidine rings is 1. The molecule has 1 aliphatic rings. The van der Waals surface area contributed by atoms with Crippen LogP contribution in [0.5, 0.6) is 0 Å². The molecule has 0 amide bonds. The minimum atomic E-state index is 0.537. The number of hydrogen-bond acceptors (Lipinski definition) is 3. The highest BCUT2D eigenvalue weighted by atomic mass is 15.1. The Bertz CT molecular complexity index is 395. The zero-order valence-corrected chi connectivity index (χ0v) is 12.7. The van der Waals surface area contributed by atoms with Crippen LogP contribution in [0.25, 0.3) is 0 Å². The fourth-order valence-electron chi connectivity index (χ4n) is 2.88. The van der Waals surface area contributed by atoms with Crippen LogP contribution in [0.3, 0.4) is 0 Å². The Morgan fingerprint density at radius 1 is 1.21 bits per heavy atom. The zero-order valence-electron chi connectivity index (χ0n) is 12.7. The Morgan fingerprint density at radius 2 is 1.84 bits per heavy atom. The summed E-state index contributed by atoms with van der Waals surface area (Å²) in [6, 6.07) is 9.09. The van der Waals surface area contributed by atoms with Crippen LogP contribution in [0.4, 0.5) is 11.4 Å². The molecule has 1 N–H and O–H groups in total. The fraction of sp³-hybridized carbons (Fsp3) is 0.625. The van der Waals surface area contributed by atoms with Crippen molar-refractivity contribution in [3.63, 3.8) is 0 Å². The van der Waals surface area contributed by atoms with Gasteiger partial charge in [0.1, 0.15) is 0 Å². The third-order valence-electron chi connectivity index (χ3n) is 4.24. The third kappa shape index (κ3) is 3.63. The van der Waals surface area contributed by atoms with Crippen molar-refractivity contribution >= 4 is 11.4 Å². The Kier molecular flexibility index (Phi) is 4.70. The molecule has 0 radical (unpaired) electrons. The van der Waals surface area contributed by atoms with Crippen molar-refractivity contribution in [1.29, 1.82) is 0 Å². The second kappa shape index (κ2) is 6.29. The van der Waals surface area contributed by atoms with Gasteiger partial charge in [0.25, 0.3) is 0 Å². The molecule has 0 saturated carbocycles. The predicted molar refractivity (Wildman–Crippen MR) is 84.1 cm³/mol. The number of nitrogens with zero attached hydrogens (tertiary/aromatic N) is 2. The molecule has 3 nitrogen and oxygen atoms in total. The van der Waals surface area contributed by atoms with E-state index in [-0.39, 0.29) is 0 Å². The summed E-state index contributed by atoms with van der Waals surface area (Å²) in [7, 11) is 6.41. The summed E-state index contributed by atoms with van der Waals surface area (Å²) in [6.07, 6.45) is 2.60. The first-order chi connectivity index (χ1) is 9.08. The molecule has 1 aromatic rings. The van der Waals surface area contributed by atoms with Crippen molar-refractivity contribution in [2.24, 2.45) is 5.92 Å². The van der Waals surface area contributed by atoms with E-state index in [1.54, 1.807) is 0 Å². The molecule has 19 heavy (non-hydrogen) atoms. The minimum Gasteiger partial charge on any atom is -0.381 e. The Morgan fingerprint density at radius 3 is 2.47 bits per heavy atom. The second-order valence-corrected chi connectivity index (χ2v) is 5.99. The van der Waals surface area contributed by atoms with E-state index in [1.165, 1.54) is 37.3 Å². The first kappa shape index (κ1) is 14.2. The van der Waals surface area contributed by atoms with Crippen LogP contribution in [-0.2, 0) is 0 Å². The van der Waals surface area contributed by atoms with Crippen molar-refractivity contribution < 1.29 is 0 Å². The van der Waals surface area contributed by atoms with Gasteiger partial charge in [0, 0.05) is 20.1 Å². The van der Waals surface area contributed by atoms with E-state index < -0.39 is 0 Å². The molecule has 0 aliphatic carbocycles. The fourth-order valence-corrected chi connectivity index (χ4v) is 2.88. The van der Waals surface area contributed by atoms with E-state index in [0.29, 0.717) is 6.04 Å². The van der Waals surface area contributed by atoms with E-state index >= 15 is 0 Å². The molecule has 1 aliphatic heterocycles. The highest BCUT2D eigenvalue weighted by molar-refractivity contribution is 5.69. The van der Waals surface area contributed by atoms with Crippen molar-refractivity contribution in [2.45, 2.75) is 25.8 Å². The maximum Gasteiger partial charge on any atom is 0.0596 e. The average molecular weight is 261 g/mol. The molecule has 1 aromatic carbocycles. The molecular weight excluding hydrogens is 234 g/mol. The molecule has 1 fully saturated rings. The van der Waals surface area contributed by atoms with Crippen LogP contribution < -0.4 is 10.2 Å². The summed E-state index contributed by atoms with van der Waals surface area (Å²) in [6.45, 7) is 4.78. The zero-order chi connectivity index (χ0) is 13.8. The van der Waals surface area contributed by atoms with Gasteiger partial charge in [-0.3, -0.25) is 0 Å². The topological polar surface area (TPSA) is 18.5 Å². The van der Waals surface area contributed by atoms with Crippen molar-refractivity contribution in [3.8, 4) is 0 Å². The summed E-state index contributed by atoms with van der Waals surface area (Å²) in [5.41, 5.74) is 2.52. The third-order valence-corrected chi connectivity index (χ3v) is 4.24. The molecule has 1 saturated heterocycles.